The number of phenolic OH excluding ortho intramolecular Hbond substituents is 2. The molecule has 0 spiro atoms. The normalized spacial score (nSPS) is 12.2. The minimum atomic E-state index is -0.935. The van der Waals surface area contributed by atoms with Gasteiger partial charge in [0.05, 0.1) is 11.1 Å². The fraction of sp³-hybridized carbons (Fsp3) is 0.0400. The molecular weight excluding hydrogens is 394 g/mol. The SMILES string of the molecule is O=C(O)/C=C/c1c[nH]c2ccccc12.O=C1c2c(O)cccc2Cc2cccc(O)c21. The van der Waals surface area contributed by atoms with Gasteiger partial charge in [-0.05, 0) is 47.4 Å². The highest BCUT2D eigenvalue weighted by molar-refractivity contribution is 6.15. The van der Waals surface area contributed by atoms with Gasteiger partial charge in [0.25, 0.3) is 0 Å². The number of hydrogen-bond acceptors (Lipinski definition) is 4. The molecule has 0 amide bonds. The average Bonchev–Trinajstić information content (AvgIpc) is 3.16. The number of carboxylic acids is 1. The van der Waals surface area contributed by atoms with Gasteiger partial charge in [-0.15, -0.1) is 0 Å². The number of aliphatic carboxylic acids is 1. The number of ketones is 1. The average molecular weight is 413 g/mol. The zero-order valence-corrected chi connectivity index (χ0v) is 16.4. The van der Waals surface area contributed by atoms with Crippen LogP contribution in [0.5, 0.6) is 11.5 Å². The molecule has 154 valence electrons. The van der Waals surface area contributed by atoms with E-state index in [1.54, 1.807) is 24.4 Å². The first kappa shape index (κ1) is 20.0. The Bertz CT molecular complexity index is 1280. The van der Waals surface area contributed by atoms with Gasteiger partial charge in [-0.2, -0.15) is 0 Å². The Hall–Kier alpha value is -4.32. The highest BCUT2D eigenvalue weighted by Gasteiger charge is 2.27. The molecule has 6 heteroatoms. The molecule has 0 aliphatic heterocycles. The molecule has 4 N–H and O–H groups in total. The van der Waals surface area contributed by atoms with Gasteiger partial charge in [-0.25, -0.2) is 4.79 Å². The smallest absolute Gasteiger partial charge is 0.328 e. The van der Waals surface area contributed by atoms with Crippen molar-refractivity contribution in [3.05, 3.63) is 101 Å². The Labute approximate surface area is 177 Å². The van der Waals surface area contributed by atoms with Gasteiger partial charge in [-0.3, -0.25) is 4.79 Å². The van der Waals surface area contributed by atoms with Crippen molar-refractivity contribution in [2.45, 2.75) is 6.42 Å². The summed E-state index contributed by atoms with van der Waals surface area (Å²) in [5.41, 5.74) is 4.12. The standard InChI is InChI=1S/C14H10O3.C11H9NO2/c15-10-5-1-3-8-7-9-4-2-6-11(16)13(9)14(17)12(8)10;13-11(14)6-5-8-7-12-10-4-2-1-3-9(8)10/h1-6,15-16H,7H2;1-7,12H,(H,13,14)/b;6-5+. The fourth-order valence-electron chi connectivity index (χ4n) is 3.72. The number of phenols is 2. The quantitative estimate of drug-likeness (QED) is 0.319. The maximum Gasteiger partial charge on any atom is 0.328 e. The third-order valence-electron chi connectivity index (χ3n) is 5.12. The number of fused-ring (bicyclic) bond motifs is 3. The molecule has 4 aromatic rings. The number of aromatic amines is 1. The topological polar surface area (TPSA) is 111 Å². The lowest BCUT2D eigenvalue weighted by atomic mass is 9.84. The molecule has 1 aromatic heterocycles. The van der Waals surface area contributed by atoms with Crippen molar-refractivity contribution in [1.82, 2.24) is 4.98 Å². The van der Waals surface area contributed by atoms with E-state index in [-0.39, 0.29) is 17.3 Å². The molecule has 31 heavy (non-hydrogen) atoms. The van der Waals surface area contributed by atoms with Gasteiger partial charge in [0, 0.05) is 23.2 Å². The van der Waals surface area contributed by atoms with Crippen molar-refractivity contribution in [3.8, 4) is 11.5 Å². The number of aromatic hydroxyl groups is 2. The number of carbonyl (C=O) groups excluding carboxylic acids is 1. The van der Waals surface area contributed by atoms with Gasteiger partial charge >= 0.3 is 5.97 Å². The van der Waals surface area contributed by atoms with Crippen LogP contribution >= 0.6 is 0 Å². The molecule has 0 atom stereocenters. The molecule has 1 heterocycles. The van der Waals surface area contributed by atoms with Crippen LogP contribution in [0.3, 0.4) is 0 Å². The van der Waals surface area contributed by atoms with Crippen molar-refractivity contribution in [1.29, 1.82) is 0 Å². The second-order valence-corrected chi connectivity index (χ2v) is 7.09. The fourth-order valence-corrected chi connectivity index (χ4v) is 3.72. The monoisotopic (exact) mass is 413 g/mol. The van der Waals surface area contributed by atoms with Crippen LogP contribution in [0, 0.1) is 0 Å². The number of rotatable bonds is 2. The van der Waals surface area contributed by atoms with Crippen molar-refractivity contribution in [2.75, 3.05) is 0 Å². The first-order valence-electron chi connectivity index (χ1n) is 9.59. The second-order valence-electron chi connectivity index (χ2n) is 7.09. The van der Waals surface area contributed by atoms with Crippen LogP contribution < -0.4 is 0 Å². The van der Waals surface area contributed by atoms with E-state index >= 15 is 0 Å². The van der Waals surface area contributed by atoms with Crippen LogP contribution in [0.15, 0.2) is 72.9 Å². The maximum absolute atomic E-state index is 12.2. The van der Waals surface area contributed by atoms with E-state index in [9.17, 15) is 19.8 Å². The van der Waals surface area contributed by atoms with Crippen LogP contribution in [0.1, 0.15) is 32.6 Å². The lowest BCUT2D eigenvalue weighted by Gasteiger charge is -2.19. The zero-order valence-electron chi connectivity index (χ0n) is 16.4. The number of para-hydroxylation sites is 1. The number of carboxylic acid groups (broad SMARTS) is 1. The lowest BCUT2D eigenvalue weighted by Crippen LogP contribution is -2.15. The summed E-state index contributed by atoms with van der Waals surface area (Å²) < 4.78 is 0. The molecular formula is C25H19NO5. The molecule has 0 radical (unpaired) electrons. The van der Waals surface area contributed by atoms with Crippen LogP contribution in [0.25, 0.3) is 17.0 Å². The molecule has 1 aliphatic carbocycles. The molecule has 5 rings (SSSR count). The first-order valence-corrected chi connectivity index (χ1v) is 9.59. The van der Waals surface area contributed by atoms with Gasteiger partial charge in [0.15, 0.2) is 0 Å². The predicted octanol–water partition coefficient (Wildman–Crippen LogP) is 4.50. The van der Waals surface area contributed by atoms with E-state index in [1.165, 1.54) is 12.1 Å². The molecule has 3 aromatic carbocycles. The Balaban J connectivity index is 0.000000152. The van der Waals surface area contributed by atoms with Gasteiger partial charge in [0.1, 0.15) is 11.5 Å². The summed E-state index contributed by atoms with van der Waals surface area (Å²) in [6.07, 6.45) is 5.07. The van der Waals surface area contributed by atoms with E-state index in [2.05, 4.69) is 4.98 Å². The van der Waals surface area contributed by atoms with E-state index in [4.69, 9.17) is 5.11 Å². The number of aromatic nitrogens is 1. The molecule has 0 saturated carbocycles. The summed E-state index contributed by atoms with van der Waals surface area (Å²) >= 11 is 0. The van der Waals surface area contributed by atoms with E-state index in [1.807, 2.05) is 36.4 Å². The van der Waals surface area contributed by atoms with Crippen molar-refractivity contribution in [2.24, 2.45) is 0 Å². The number of H-pyrrole nitrogens is 1. The van der Waals surface area contributed by atoms with Crippen LogP contribution in [-0.4, -0.2) is 32.1 Å². The number of hydrogen-bond donors (Lipinski definition) is 4. The minimum Gasteiger partial charge on any atom is -0.507 e. The summed E-state index contributed by atoms with van der Waals surface area (Å²) in [5.74, 6) is -1.30. The van der Waals surface area contributed by atoms with Gasteiger partial charge < -0.3 is 20.3 Å². The van der Waals surface area contributed by atoms with Gasteiger partial charge in [0.2, 0.25) is 5.78 Å². The Morgan fingerprint density at radius 3 is 2.10 bits per heavy atom. The van der Waals surface area contributed by atoms with Crippen molar-refractivity contribution >= 4 is 28.7 Å². The third-order valence-corrected chi connectivity index (χ3v) is 5.12. The predicted molar refractivity (Wildman–Crippen MR) is 117 cm³/mol. The summed E-state index contributed by atoms with van der Waals surface area (Å²) in [5, 5.41) is 29.0. The third kappa shape index (κ3) is 3.91. The number of benzene rings is 3. The van der Waals surface area contributed by atoms with Crippen LogP contribution in [0.2, 0.25) is 0 Å². The van der Waals surface area contributed by atoms with Crippen molar-refractivity contribution < 1.29 is 24.9 Å². The van der Waals surface area contributed by atoms with E-state index < -0.39 is 5.97 Å². The highest BCUT2D eigenvalue weighted by Crippen LogP contribution is 2.35. The number of nitrogens with one attached hydrogen (secondary N) is 1. The number of carbonyl (C=O) groups is 2. The Kier molecular flexibility index (Phi) is 5.28. The summed E-state index contributed by atoms with van der Waals surface area (Å²) in [4.78, 5) is 25.6. The van der Waals surface area contributed by atoms with Crippen molar-refractivity contribution in [3.63, 3.8) is 0 Å². The van der Waals surface area contributed by atoms with E-state index in [0.29, 0.717) is 17.5 Å². The summed E-state index contributed by atoms with van der Waals surface area (Å²) in [6.45, 7) is 0. The molecule has 0 unspecified atom stereocenters. The Morgan fingerprint density at radius 1 is 0.871 bits per heavy atom. The van der Waals surface area contributed by atoms with Crippen LogP contribution in [-0.2, 0) is 11.2 Å². The van der Waals surface area contributed by atoms with Crippen LogP contribution in [0.4, 0.5) is 0 Å². The summed E-state index contributed by atoms with van der Waals surface area (Å²) in [7, 11) is 0. The second kappa shape index (κ2) is 8.20. The molecule has 1 aliphatic rings. The molecule has 0 bridgehead atoms. The minimum absolute atomic E-state index is 0.0265. The lowest BCUT2D eigenvalue weighted by molar-refractivity contribution is -0.131. The highest BCUT2D eigenvalue weighted by atomic mass is 16.4. The zero-order chi connectivity index (χ0) is 22.0. The van der Waals surface area contributed by atoms with Gasteiger partial charge in [-0.1, -0.05) is 42.5 Å². The maximum atomic E-state index is 12.2. The summed E-state index contributed by atoms with van der Waals surface area (Å²) in [6, 6.07) is 17.8. The Morgan fingerprint density at radius 2 is 1.48 bits per heavy atom. The largest absolute Gasteiger partial charge is 0.507 e. The molecule has 6 nitrogen and oxygen atoms in total. The molecule has 0 fully saturated rings. The molecule has 0 saturated heterocycles. The van der Waals surface area contributed by atoms with E-state index in [0.717, 1.165) is 33.7 Å². The first-order chi connectivity index (χ1) is 15.0.